The molecule has 314 valence electrons. The number of benzene rings is 3. The van der Waals surface area contributed by atoms with Crippen LogP contribution in [0.5, 0.6) is 11.5 Å². The van der Waals surface area contributed by atoms with E-state index in [2.05, 4.69) is 46.6 Å². The predicted molar refractivity (Wildman–Crippen MR) is 225 cm³/mol. The van der Waals surface area contributed by atoms with E-state index in [0.717, 1.165) is 75.8 Å². The molecule has 0 saturated heterocycles. The molecule has 0 fully saturated rings. The van der Waals surface area contributed by atoms with E-state index in [1.807, 2.05) is 20.8 Å². The largest absolute Gasteiger partial charge is 0.507 e. The number of phenols is 1. The van der Waals surface area contributed by atoms with Gasteiger partial charge < -0.3 is 9.84 Å². The van der Waals surface area contributed by atoms with E-state index in [1.165, 1.54) is 81.2 Å². The summed E-state index contributed by atoms with van der Waals surface area (Å²) in [7, 11) is -3.90. The molecule has 7 nitrogen and oxygen atoms in total. The van der Waals surface area contributed by atoms with Crippen LogP contribution in [-0.4, -0.2) is 28.9 Å². The monoisotopic (exact) mass is 811 g/mol. The van der Waals surface area contributed by atoms with Gasteiger partial charge in [0.15, 0.2) is 5.69 Å². The fraction of sp³-hybridized carbons (Fsp3) is 0.543. The number of aryl methyl sites for hydroxylation is 1. The summed E-state index contributed by atoms with van der Waals surface area (Å²) in [5.74, 6) is 4.04. The van der Waals surface area contributed by atoms with Gasteiger partial charge in [0.05, 0.1) is 16.3 Å². The van der Waals surface area contributed by atoms with E-state index >= 15 is 0 Å². The van der Waals surface area contributed by atoms with Gasteiger partial charge in [0.1, 0.15) is 17.1 Å². The summed E-state index contributed by atoms with van der Waals surface area (Å²) >= 11 is 0. The molecule has 3 atom stereocenters. The van der Waals surface area contributed by atoms with Crippen LogP contribution in [0, 0.1) is 45.4 Å². The van der Waals surface area contributed by atoms with Crippen molar-refractivity contribution in [1.82, 2.24) is 9.78 Å². The number of nitrogens with two attached hydrogens (primary N) is 1. The first kappa shape index (κ1) is 45.9. The van der Waals surface area contributed by atoms with Gasteiger partial charge in [0, 0.05) is 11.1 Å². The highest BCUT2D eigenvalue weighted by atomic mass is 32.2. The van der Waals surface area contributed by atoms with Gasteiger partial charge >= 0.3 is 6.18 Å². The zero-order chi connectivity index (χ0) is 42.3. The second-order valence-electron chi connectivity index (χ2n) is 17.2. The smallest absolute Gasteiger partial charge is 0.435 e. The van der Waals surface area contributed by atoms with E-state index in [9.17, 15) is 26.7 Å². The van der Waals surface area contributed by atoms with Gasteiger partial charge in [0.2, 0.25) is 10.0 Å². The maximum absolute atomic E-state index is 13.1. The van der Waals surface area contributed by atoms with Crippen LogP contribution in [0.3, 0.4) is 0 Å². The van der Waals surface area contributed by atoms with Gasteiger partial charge in [-0.1, -0.05) is 102 Å². The minimum absolute atomic E-state index is 0.0712. The van der Waals surface area contributed by atoms with Crippen LogP contribution in [0.4, 0.5) is 13.2 Å². The standard InChI is InChI=1S/C29H50O2.C17H14F3N3O2S/c1-20(2)12-9-13-21(3)14-10-15-22(4)16-11-18-29(8)19-17-26-25(7)27(30)23(5)24(6)28(26)31-29;1-11-2-4-12(5-3-11)15-10-16(17(18,19)20)22-23(15)13-6-8-14(9-7-13)26(21,24)25/h20-22,30H,9-19H2,1-8H3;2-10H,1H3,(H2,21,24,25). The number of halogens is 3. The first-order chi connectivity index (χ1) is 26.6. The molecule has 0 amide bonds. The van der Waals surface area contributed by atoms with Crippen molar-refractivity contribution in [3.8, 4) is 28.4 Å². The minimum atomic E-state index is -4.61. The molecule has 1 aliphatic heterocycles. The van der Waals surface area contributed by atoms with Crippen molar-refractivity contribution in [2.24, 2.45) is 22.9 Å². The average Bonchev–Trinajstić information content (AvgIpc) is 3.60. The van der Waals surface area contributed by atoms with Crippen molar-refractivity contribution >= 4 is 10.0 Å². The molecular weight excluding hydrogens is 748 g/mol. The van der Waals surface area contributed by atoms with Gasteiger partial charge in [0.25, 0.3) is 0 Å². The molecule has 11 heteroatoms. The first-order valence-electron chi connectivity index (χ1n) is 20.5. The van der Waals surface area contributed by atoms with Crippen molar-refractivity contribution in [2.45, 2.75) is 150 Å². The number of alkyl halides is 3. The highest BCUT2D eigenvalue weighted by Crippen LogP contribution is 2.44. The van der Waals surface area contributed by atoms with Crippen LogP contribution in [-0.2, 0) is 22.6 Å². The molecular formula is C46H64F3N3O4S. The fourth-order valence-corrected chi connectivity index (χ4v) is 8.21. The third-order valence-electron chi connectivity index (χ3n) is 11.6. The lowest BCUT2D eigenvalue weighted by atomic mass is 9.84. The number of primary sulfonamides is 1. The molecule has 0 bridgehead atoms. The second-order valence-corrected chi connectivity index (χ2v) is 18.7. The van der Waals surface area contributed by atoms with E-state index in [4.69, 9.17) is 9.88 Å². The van der Waals surface area contributed by atoms with Gasteiger partial charge in [-0.05, 0) is 125 Å². The highest BCUT2D eigenvalue weighted by molar-refractivity contribution is 7.89. The van der Waals surface area contributed by atoms with Gasteiger partial charge in [-0.25, -0.2) is 18.2 Å². The molecule has 4 aromatic rings. The van der Waals surface area contributed by atoms with E-state index in [-0.39, 0.29) is 21.9 Å². The fourth-order valence-electron chi connectivity index (χ4n) is 7.70. The van der Waals surface area contributed by atoms with E-state index < -0.39 is 21.9 Å². The number of nitrogens with zero attached hydrogens (tertiary/aromatic N) is 2. The van der Waals surface area contributed by atoms with Crippen molar-refractivity contribution in [1.29, 1.82) is 0 Å². The Morgan fingerprint density at radius 2 is 1.40 bits per heavy atom. The van der Waals surface area contributed by atoms with Crippen LogP contribution in [0.2, 0.25) is 0 Å². The summed E-state index contributed by atoms with van der Waals surface area (Å²) in [5.41, 5.74) is 5.22. The number of hydrogen-bond donors (Lipinski definition) is 2. The minimum Gasteiger partial charge on any atom is -0.507 e. The Morgan fingerprint density at radius 1 is 0.842 bits per heavy atom. The molecule has 1 aliphatic rings. The number of fused-ring (bicyclic) bond motifs is 1. The Morgan fingerprint density at radius 3 is 1.95 bits per heavy atom. The zero-order valence-corrected chi connectivity index (χ0v) is 36.2. The first-order valence-corrected chi connectivity index (χ1v) is 22.0. The molecule has 2 heterocycles. The lowest BCUT2D eigenvalue weighted by Crippen LogP contribution is -2.37. The van der Waals surface area contributed by atoms with Crippen LogP contribution >= 0.6 is 0 Å². The lowest BCUT2D eigenvalue weighted by molar-refractivity contribution is -0.141. The maximum Gasteiger partial charge on any atom is 0.435 e. The molecule has 0 spiro atoms. The Labute approximate surface area is 339 Å². The Balaban J connectivity index is 0.000000256. The molecule has 5 rings (SSSR count). The van der Waals surface area contributed by atoms with E-state index in [1.54, 1.807) is 24.3 Å². The van der Waals surface area contributed by atoms with Crippen molar-refractivity contribution in [3.05, 3.63) is 88.1 Å². The predicted octanol–water partition coefficient (Wildman–Crippen LogP) is 12.4. The number of aromatic nitrogens is 2. The van der Waals surface area contributed by atoms with Crippen molar-refractivity contribution in [2.75, 3.05) is 0 Å². The van der Waals surface area contributed by atoms with Crippen molar-refractivity contribution < 1.29 is 31.4 Å². The maximum atomic E-state index is 13.1. The third-order valence-corrected chi connectivity index (χ3v) is 12.6. The number of rotatable bonds is 15. The summed E-state index contributed by atoms with van der Waals surface area (Å²) in [6.07, 6.45) is 9.45. The lowest BCUT2D eigenvalue weighted by Gasteiger charge is -2.38. The van der Waals surface area contributed by atoms with Gasteiger partial charge in [-0.15, -0.1) is 0 Å². The summed E-state index contributed by atoms with van der Waals surface area (Å²) in [4.78, 5) is -0.138. The molecule has 1 aromatic heterocycles. The summed E-state index contributed by atoms with van der Waals surface area (Å²) < 4.78 is 69.8. The molecule has 3 N–H and O–H groups in total. The molecule has 3 aromatic carbocycles. The normalized spacial score (nSPS) is 16.7. The van der Waals surface area contributed by atoms with Crippen molar-refractivity contribution in [3.63, 3.8) is 0 Å². The Hall–Kier alpha value is -3.83. The number of hydrogen-bond acceptors (Lipinski definition) is 5. The zero-order valence-electron chi connectivity index (χ0n) is 35.4. The Bertz CT molecular complexity index is 2040. The topological polar surface area (TPSA) is 107 Å². The number of ether oxygens (including phenoxy) is 1. The summed E-state index contributed by atoms with van der Waals surface area (Å²) in [5, 5.41) is 19.1. The Kier molecular flexibility index (Phi) is 15.5. The SMILES string of the molecule is Cc1c(C)c2c(c(C)c1O)CCC(C)(CCCC(C)CCCC(C)CCCC(C)C)O2.Cc1ccc(-c2cc(C(F)(F)F)nn2-c2ccc(S(N)(=O)=O)cc2)cc1. The average molecular weight is 812 g/mol. The molecule has 3 unspecified atom stereocenters. The molecule has 57 heavy (non-hydrogen) atoms. The van der Waals surface area contributed by atoms with Gasteiger partial charge in [-0.2, -0.15) is 18.3 Å². The number of phenolic OH excluding ortho intramolecular Hbond substituents is 1. The summed E-state index contributed by atoms with van der Waals surface area (Å²) in [6.45, 7) is 19.8. The number of sulfonamides is 1. The van der Waals surface area contributed by atoms with E-state index in [0.29, 0.717) is 11.3 Å². The van der Waals surface area contributed by atoms with Crippen LogP contribution in [0.1, 0.15) is 132 Å². The van der Waals surface area contributed by atoms with Crippen LogP contribution in [0.25, 0.3) is 16.9 Å². The highest BCUT2D eigenvalue weighted by Gasteiger charge is 2.36. The molecule has 0 saturated carbocycles. The van der Waals surface area contributed by atoms with Crippen LogP contribution < -0.4 is 9.88 Å². The molecule has 0 radical (unpaired) electrons. The molecule has 0 aliphatic carbocycles. The number of aromatic hydroxyl groups is 1. The quantitative estimate of drug-likeness (QED) is 0.124. The second kappa shape index (κ2) is 19.3. The van der Waals surface area contributed by atoms with Crippen LogP contribution in [0.15, 0.2) is 59.5 Å². The third kappa shape index (κ3) is 12.6. The van der Waals surface area contributed by atoms with Gasteiger partial charge in [-0.3, -0.25) is 0 Å². The summed E-state index contributed by atoms with van der Waals surface area (Å²) in [6, 6.07) is 13.1.